The Hall–Kier alpha value is -3.62. The van der Waals surface area contributed by atoms with Gasteiger partial charge in [-0.05, 0) is 12.5 Å². The van der Waals surface area contributed by atoms with Crippen molar-refractivity contribution in [3.63, 3.8) is 0 Å². The smallest absolute Gasteiger partial charge is 0.330 e. The van der Waals surface area contributed by atoms with Gasteiger partial charge in [-0.15, -0.1) is 0 Å². The van der Waals surface area contributed by atoms with Crippen LogP contribution in [0.3, 0.4) is 0 Å². The lowest BCUT2D eigenvalue weighted by atomic mass is 10.1. The maximum Gasteiger partial charge on any atom is 0.330 e. The molecule has 1 aromatic carbocycles. The fourth-order valence-electron chi connectivity index (χ4n) is 2.50. The number of hydrogen-bond donors (Lipinski definition) is 5. The summed E-state index contributed by atoms with van der Waals surface area (Å²) in [6.07, 6.45) is 1.58. The van der Waals surface area contributed by atoms with Crippen LogP contribution in [0.2, 0.25) is 0 Å². The molecule has 134 valence electrons. The fourth-order valence-corrected chi connectivity index (χ4v) is 2.50. The van der Waals surface area contributed by atoms with Crippen molar-refractivity contribution in [2.45, 2.75) is 13.0 Å². The van der Waals surface area contributed by atoms with Gasteiger partial charge >= 0.3 is 12.0 Å². The number of aromatic amines is 1. The summed E-state index contributed by atoms with van der Waals surface area (Å²) in [4.78, 5) is 27.8. The third-order valence-electron chi connectivity index (χ3n) is 3.69. The molecule has 2 heterocycles. The second-order valence-corrected chi connectivity index (χ2v) is 5.50. The maximum absolute atomic E-state index is 12.2. The molecule has 0 aliphatic heterocycles. The monoisotopic (exact) mass is 354 g/mol. The Morgan fingerprint density at radius 2 is 2.04 bits per heavy atom. The highest BCUT2D eigenvalue weighted by molar-refractivity contribution is 5.95. The molecule has 0 radical (unpaired) electrons. The average molecular weight is 354 g/mol. The summed E-state index contributed by atoms with van der Waals surface area (Å²) in [5.74, 6) is -0.196. The molecule has 3 rings (SSSR count). The first-order valence-electron chi connectivity index (χ1n) is 8.01. The van der Waals surface area contributed by atoms with Gasteiger partial charge in [-0.25, -0.2) is 14.6 Å². The number of urea groups is 1. The zero-order valence-corrected chi connectivity index (χ0v) is 14.0. The number of nitrogens with one attached hydrogen (secondary N) is 4. The lowest BCUT2D eigenvalue weighted by Crippen LogP contribution is -2.36. The van der Waals surface area contributed by atoms with Gasteiger partial charge in [0.15, 0.2) is 11.9 Å². The Morgan fingerprint density at radius 3 is 2.73 bits per heavy atom. The summed E-state index contributed by atoms with van der Waals surface area (Å²) in [7, 11) is 0. The van der Waals surface area contributed by atoms with E-state index < -0.39 is 18.0 Å². The first kappa shape index (κ1) is 17.2. The van der Waals surface area contributed by atoms with Gasteiger partial charge in [0.25, 0.3) is 0 Å². The van der Waals surface area contributed by atoms with Gasteiger partial charge in [-0.3, -0.25) is 10.4 Å². The number of amides is 2. The molecule has 0 fully saturated rings. The summed E-state index contributed by atoms with van der Waals surface area (Å²) in [5, 5.41) is 25.2. The third-order valence-corrected chi connectivity index (χ3v) is 3.69. The number of aromatic nitrogens is 3. The van der Waals surface area contributed by atoms with Crippen LogP contribution >= 0.6 is 0 Å². The molecule has 0 saturated heterocycles. The summed E-state index contributed by atoms with van der Waals surface area (Å²) >= 11 is 0. The molecular formula is C17H18N6O3. The number of pyridine rings is 1. The largest absolute Gasteiger partial charge is 0.479 e. The Labute approximate surface area is 148 Å². The molecule has 0 aliphatic carbocycles. The fraction of sp³-hybridized carbons (Fsp3) is 0.176. The molecule has 0 saturated carbocycles. The summed E-state index contributed by atoms with van der Waals surface area (Å²) < 4.78 is 0. The second-order valence-electron chi connectivity index (χ2n) is 5.50. The Kier molecular flexibility index (Phi) is 4.97. The zero-order valence-electron chi connectivity index (χ0n) is 14.0. The van der Waals surface area contributed by atoms with Crippen molar-refractivity contribution >= 4 is 34.5 Å². The normalized spacial score (nSPS) is 11.7. The zero-order chi connectivity index (χ0) is 18.5. The number of carboxylic acids is 1. The summed E-state index contributed by atoms with van der Waals surface area (Å²) in [5.41, 5.74) is 1.17. The Morgan fingerprint density at radius 1 is 1.27 bits per heavy atom. The van der Waals surface area contributed by atoms with Gasteiger partial charge < -0.3 is 15.7 Å². The second kappa shape index (κ2) is 7.51. The van der Waals surface area contributed by atoms with E-state index in [1.807, 2.05) is 6.92 Å². The molecule has 2 amide bonds. The lowest BCUT2D eigenvalue weighted by molar-refractivity contribution is -0.139. The van der Waals surface area contributed by atoms with E-state index in [0.717, 1.165) is 11.9 Å². The van der Waals surface area contributed by atoms with Gasteiger partial charge in [0.2, 0.25) is 0 Å². The number of carbonyl (C=O) groups excluding carboxylic acids is 1. The van der Waals surface area contributed by atoms with Crippen LogP contribution < -0.4 is 16.0 Å². The van der Waals surface area contributed by atoms with E-state index in [9.17, 15) is 14.7 Å². The summed E-state index contributed by atoms with van der Waals surface area (Å²) in [6, 6.07) is 8.26. The van der Waals surface area contributed by atoms with Crippen LogP contribution in [0.15, 0.2) is 42.6 Å². The predicted octanol–water partition coefficient (Wildman–Crippen LogP) is 2.34. The molecule has 3 aromatic rings. The van der Waals surface area contributed by atoms with E-state index in [0.29, 0.717) is 16.9 Å². The molecule has 9 nitrogen and oxygen atoms in total. The minimum absolute atomic E-state index is 0.277. The topological polar surface area (TPSA) is 132 Å². The van der Waals surface area contributed by atoms with E-state index in [2.05, 4.69) is 31.1 Å². The van der Waals surface area contributed by atoms with Gasteiger partial charge in [-0.1, -0.05) is 30.3 Å². The van der Waals surface area contributed by atoms with Crippen molar-refractivity contribution in [1.82, 2.24) is 20.5 Å². The minimum Gasteiger partial charge on any atom is -0.479 e. The molecule has 0 spiro atoms. The Bertz CT molecular complexity index is 925. The van der Waals surface area contributed by atoms with Crippen molar-refractivity contribution in [3.8, 4) is 0 Å². The van der Waals surface area contributed by atoms with Gasteiger partial charge in [0, 0.05) is 18.8 Å². The van der Waals surface area contributed by atoms with E-state index in [4.69, 9.17) is 0 Å². The molecule has 9 heteroatoms. The van der Waals surface area contributed by atoms with E-state index in [1.165, 1.54) is 0 Å². The lowest BCUT2D eigenvalue weighted by Gasteiger charge is -2.15. The van der Waals surface area contributed by atoms with Crippen LogP contribution in [0.25, 0.3) is 10.9 Å². The first-order valence-corrected chi connectivity index (χ1v) is 8.01. The van der Waals surface area contributed by atoms with Crippen molar-refractivity contribution in [3.05, 3.63) is 48.2 Å². The summed E-state index contributed by atoms with van der Waals surface area (Å²) in [6.45, 7) is 2.68. The quantitative estimate of drug-likeness (QED) is 0.461. The van der Waals surface area contributed by atoms with Crippen molar-refractivity contribution in [2.75, 3.05) is 17.2 Å². The highest BCUT2D eigenvalue weighted by Crippen LogP contribution is 2.21. The SMILES string of the molecule is CCNc1n[nH]c2cc(NC(=O)NC(C(=O)O)c3ccccc3)ncc12. The number of H-pyrrole nitrogens is 1. The molecule has 26 heavy (non-hydrogen) atoms. The van der Waals surface area contributed by atoms with Crippen LogP contribution in [-0.4, -0.2) is 38.8 Å². The van der Waals surface area contributed by atoms with E-state index in [-0.39, 0.29) is 5.82 Å². The number of anilines is 2. The number of carboxylic acid groups (broad SMARTS) is 1. The van der Waals surface area contributed by atoms with Gasteiger partial charge in [0.05, 0.1) is 10.9 Å². The first-order chi connectivity index (χ1) is 12.6. The highest BCUT2D eigenvalue weighted by atomic mass is 16.4. The van der Waals surface area contributed by atoms with Gasteiger partial charge in [0.1, 0.15) is 5.82 Å². The van der Waals surface area contributed by atoms with Gasteiger partial charge in [-0.2, -0.15) is 5.10 Å². The molecule has 0 aliphatic rings. The number of nitrogens with zero attached hydrogens (tertiary/aromatic N) is 2. The highest BCUT2D eigenvalue weighted by Gasteiger charge is 2.22. The number of carbonyl (C=O) groups is 2. The molecule has 0 bridgehead atoms. The number of hydrogen-bond acceptors (Lipinski definition) is 5. The molecule has 2 aromatic heterocycles. The third kappa shape index (κ3) is 3.72. The van der Waals surface area contributed by atoms with Crippen LogP contribution in [0.5, 0.6) is 0 Å². The molecule has 5 N–H and O–H groups in total. The van der Waals surface area contributed by atoms with Crippen LogP contribution in [0.1, 0.15) is 18.5 Å². The van der Waals surface area contributed by atoms with E-state index >= 15 is 0 Å². The number of benzene rings is 1. The molecule has 1 atom stereocenters. The predicted molar refractivity (Wildman–Crippen MR) is 97.0 cm³/mol. The molecule has 1 unspecified atom stereocenters. The standard InChI is InChI=1S/C17H18N6O3/c1-2-18-15-11-9-19-13(8-12(11)22-23-15)20-17(26)21-14(16(24)25)10-6-4-3-5-7-10/h3-9,14H,2H2,1H3,(H,24,25)(H2,18,22,23)(H2,19,20,21,26). The van der Waals surface area contributed by atoms with Crippen LogP contribution in [0.4, 0.5) is 16.4 Å². The van der Waals surface area contributed by atoms with Crippen LogP contribution in [-0.2, 0) is 4.79 Å². The number of fused-ring (bicyclic) bond motifs is 1. The van der Waals surface area contributed by atoms with E-state index in [1.54, 1.807) is 42.6 Å². The average Bonchev–Trinajstić information content (AvgIpc) is 3.03. The van der Waals surface area contributed by atoms with Crippen molar-refractivity contribution in [1.29, 1.82) is 0 Å². The Balaban J connectivity index is 1.72. The number of rotatable bonds is 6. The minimum atomic E-state index is -1.16. The van der Waals surface area contributed by atoms with Crippen molar-refractivity contribution < 1.29 is 14.7 Å². The maximum atomic E-state index is 12.2. The van der Waals surface area contributed by atoms with Crippen LogP contribution in [0, 0.1) is 0 Å². The number of aliphatic carboxylic acids is 1. The van der Waals surface area contributed by atoms with Crippen molar-refractivity contribution in [2.24, 2.45) is 0 Å². The molecular weight excluding hydrogens is 336 g/mol.